The van der Waals surface area contributed by atoms with Crippen molar-refractivity contribution in [2.45, 2.75) is 26.3 Å². The zero-order valence-electron chi connectivity index (χ0n) is 19.2. The summed E-state index contributed by atoms with van der Waals surface area (Å²) in [6.07, 6.45) is 0.571. The van der Waals surface area contributed by atoms with Crippen molar-refractivity contribution in [1.82, 2.24) is 9.99 Å². The van der Waals surface area contributed by atoms with E-state index >= 15 is 0 Å². The number of aromatic nitrogens is 1. The van der Waals surface area contributed by atoms with Gasteiger partial charge in [0.05, 0.1) is 24.4 Å². The first kappa shape index (κ1) is 22.1. The Balaban J connectivity index is 1.72. The van der Waals surface area contributed by atoms with Gasteiger partial charge in [0.1, 0.15) is 5.75 Å². The summed E-state index contributed by atoms with van der Waals surface area (Å²) in [5.41, 5.74) is 6.56. The molecule has 0 saturated heterocycles. The minimum absolute atomic E-state index is 0.112. The largest absolute Gasteiger partial charge is 0.497 e. The molecule has 3 aromatic carbocycles. The normalized spacial score (nSPS) is 15.5. The second-order valence-corrected chi connectivity index (χ2v) is 8.82. The lowest BCUT2D eigenvalue weighted by atomic mass is 9.89. The van der Waals surface area contributed by atoms with Crippen LogP contribution in [0, 0.1) is 6.92 Å². The Hall–Kier alpha value is -3.70. The van der Waals surface area contributed by atoms with E-state index in [0.717, 1.165) is 50.3 Å². The molecule has 1 atom stereocenters. The lowest BCUT2D eigenvalue weighted by molar-refractivity contribution is -0.130. The van der Waals surface area contributed by atoms with Gasteiger partial charge in [0.25, 0.3) is 0 Å². The standard InChI is InChI=1S/C28H24ClN3O2/c1-17-27(25-16-26(32(31-25)18(2)33)20-10-7-11-22(14-20)34-3)28(19-8-5-4-6-9-19)23-15-21(29)12-13-24(23)30-17/h4-15,26H,16H2,1-3H3/t26-/m1/s1. The van der Waals surface area contributed by atoms with E-state index in [2.05, 4.69) is 12.1 Å². The molecule has 170 valence electrons. The van der Waals surface area contributed by atoms with Gasteiger partial charge in [-0.25, -0.2) is 5.01 Å². The summed E-state index contributed by atoms with van der Waals surface area (Å²) < 4.78 is 5.41. The molecule has 0 fully saturated rings. The molecule has 0 bridgehead atoms. The van der Waals surface area contributed by atoms with E-state index in [0.29, 0.717) is 11.4 Å². The van der Waals surface area contributed by atoms with Gasteiger partial charge in [-0.15, -0.1) is 0 Å². The smallest absolute Gasteiger partial charge is 0.240 e. The number of fused-ring (bicyclic) bond motifs is 1. The van der Waals surface area contributed by atoms with Crippen LogP contribution in [0.15, 0.2) is 77.9 Å². The zero-order chi connectivity index (χ0) is 23.8. The number of nitrogens with zero attached hydrogens (tertiary/aromatic N) is 3. The minimum atomic E-state index is -0.222. The Morgan fingerprint density at radius 3 is 2.56 bits per heavy atom. The van der Waals surface area contributed by atoms with E-state index in [4.69, 9.17) is 26.4 Å². The second kappa shape index (κ2) is 8.92. The van der Waals surface area contributed by atoms with Crippen molar-refractivity contribution in [2.24, 2.45) is 5.10 Å². The third-order valence-corrected chi connectivity index (χ3v) is 6.43. The van der Waals surface area contributed by atoms with E-state index in [1.54, 1.807) is 19.0 Å². The molecule has 4 aromatic rings. The highest BCUT2D eigenvalue weighted by Crippen LogP contribution is 2.40. The number of pyridine rings is 1. The van der Waals surface area contributed by atoms with Gasteiger partial charge in [0.2, 0.25) is 5.91 Å². The molecule has 1 amide bonds. The van der Waals surface area contributed by atoms with Gasteiger partial charge in [-0.3, -0.25) is 9.78 Å². The van der Waals surface area contributed by atoms with Gasteiger partial charge >= 0.3 is 0 Å². The fraction of sp³-hybridized carbons (Fsp3) is 0.179. The summed E-state index contributed by atoms with van der Waals surface area (Å²) >= 11 is 6.40. The molecule has 1 aliphatic heterocycles. The van der Waals surface area contributed by atoms with E-state index in [1.165, 1.54) is 0 Å². The molecule has 2 heterocycles. The van der Waals surface area contributed by atoms with Crippen molar-refractivity contribution < 1.29 is 9.53 Å². The molecule has 0 radical (unpaired) electrons. The number of aryl methyl sites for hydroxylation is 1. The van der Waals surface area contributed by atoms with Crippen LogP contribution in [0.2, 0.25) is 5.02 Å². The molecule has 1 aromatic heterocycles. The maximum atomic E-state index is 12.6. The first-order valence-corrected chi connectivity index (χ1v) is 11.5. The molecule has 0 saturated carbocycles. The van der Waals surface area contributed by atoms with Gasteiger partial charge in [-0.2, -0.15) is 5.10 Å². The molecular formula is C28H24ClN3O2. The number of ether oxygens (including phenoxy) is 1. The molecular weight excluding hydrogens is 446 g/mol. The summed E-state index contributed by atoms with van der Waals surface area (Å²) in [4.78, 5) is 17.5. The number of carbonyl (C=O) groups is 1. The highest BCUT2D eigenvalue weighted by atomic mass is 35.5. The number of hydrogen-bond acceptors (Lipinski definition) is 4. The lowest BCUT2D eigenvalue weighted by Crippen LogP contribution is -2.24. The summed E-state index contributed by atoms with van der Waals surface area (Å²) in [7, 11) is 1.64. The van der Waals surface area contributed by atoms with Crippen LogP contribution in [0.3, 0.4) is 0 Å². The third-order valence-electron chi connectivity index (χ3n) is 6.19. The van der Waals surface area contributed by atoms with Crippen LogP contribution >= 0.6 is 11.6 Å². The van der Waals surface area contributed by atoms with Gasteiger partial charge in [0.15, 0.2) is 0 Å². The summed E-state index contributed by atoms with van der Waals surface area (Å²) in [6, 6.07) is 23.5. The number of halogens is 1. The number of carbonyl (C=O) groups excluding carboxylic acids is 1. The van der Waals surface area contributed by atoms with Crippen LogP contribution in [-0.4, -0.2) is 28.7 Å². The van der Waals surface area contributed by atoms with Crippen LogP contribution in [0.5, 0.6) is 5.75 Å². The predicted octanol–water partition coefficient (Wildman–Crippen LogP) is 6.57. The Kier molecular flexibility index (Phi) is 5.80. The molecule has 0 spiro atoms. The van der Waals surface area contributed by atoms with Gasteiger partial charge in [-0.1, -0.05) is 54.1 Å². The van der Waals surface area contributed by atoms with Crippen molar-refractivity contribution in [3.63, 3.8) is 0 Å². The molecule has 34 heavy (non-hydrogen) atoms. The van der Waals surface area contributed by atoms with Gasteiger partial charge in [-0.05, 0) is 48.4 Å². The maximum Gasteiger partial charge on any atom is 0.240 e. The van der Waals surface area contributed by atoms with Gasteiger partial charge in [0, 0.05) is 40.6 Å². The number of methoxy groups -OCH3 is 1. The Bertz CT molecular complexity index is 1430. The Labute approximate surface area is 203 Å². The van der Waals surface area contributed by atoms with E-state index in [9.17, 15) is 4.79 Å². The second-order valence-electron chi connectivity index (χ2n) is 8.38. The topological polar surface area (TPSA) is 54.8 Å². The molecule has 1 aliphatic rings. The SMILES string of the molecule is COc1cccc([C@H]2CC(c3c(C)nc4ccc(Cl)cc4c3-c3ccccc3)=NN2C(C)=O)c1. The molecule has 0 unspecified atom stereocenters. The Morgan fingerprint density at radius 2 is 1.82 bits per heavy atom. The fourth-order valence-corrected chi connectivity index (χ4v) is 4.85. The van der Waals surface area contributed by atoms with Crippen molar-refractivity contribution >= 4 is 34.1 Å². The van der Waals surface area contributed by atoms with Crippen molar-refractivity contribution in [3.05, 3.63) is 94.6 Å². The maximum absolute atomic E-state index is 12.6. The number of hydrogen-bond donors (Lipinski definition) is 0. The average molecular weight is 470 g/mol. The van der Waals surface area contributed by atoms with Crippen molar-refractivity contribution in [1.29, 1.82) is 0 Å². The highest BCUT2D eigenvalue weighted by Gasteiger charge is 2.34. The van der Waals surface area contributed by atoms with E-state index in [1.807, 2.05) is 67.6 Å². The van der Waals surface area contributed by atoms with Crippen LogP contribution in [0.4, 0.5) is 0 Å². The molecule has 0 aliphatic carbocycles. The highest BCUT2D eigenvalue weighted by molar-refractivity contribution is 6.31. The molecule has 0 N–H and O–H groups in total. The number of rotatable bonds is 4. The summed E-state index contributed by atoms with van der Waals surface area (Å²) in [5.74, 6) is 0.635. The summed E-state index contributed by atoms with van der Waals surface area (Å²) in [5, 5.41) is 8.01. The average Bonchev–Trinajstić information content (AvgIpc) is 3.29. The molecule has 5 rings (SSSR count). The molecule has 5 nitrogen and oxygen atoms in total. The van der Waals surface area contributed by atoms with Crippen LogP contribution < -0.4 is 4.74 Å². The van der Waals surface area contributed by atoms with Crippen LogP contribution in [-0.2, 0) is 4.79 Å². The lowest BCUT2D eigenvalue weighted by Gasteiger charge is -2.21. The summed E-state index contributed by atoms with van der Waals surface area (Å²) in [6.45, 7) is 3.54. The number of hydrazone groups is 1. The molecule has 6 heteroatoms. The van der Waals surface area contributed by atoms with Gasteiger partial charge < -0.3 is 4.74 Å². The first-order chi connectivity index (χ1) is 16.5. The van der Waals surface area contributed by atoms with Crippen LogP contribution in [0.1, 0.15) is 36.2 Å². The minimum Gasteiger partial charge on any atom is -0.497 e. The third kappa shape index (κ3) is 3.93. The monoisotopic (exact) mass is 469 g/mol. The first-order valence-electron chi connectivity index (χ1n) is 11.1. The van der Waals surface area contributed by atoms with E-state index < -0.39 is 0 Å². The number of benzene rings is 3. The fourth-order valence-electron chi connectivity index (χ4n) is 4.68. The predicted molar refractivity (Wildman–Crippen MR) is 136 cm³/mol. The zero-order valence-corrected chi connectivity index (χ0v) is 20.0. The Morgan fingerprint density at radius 1 is 1.03 bits per heavy atom. The van der Waals surface area contributed by atoms with Crippen LogP contribution in [0.25, 0.3) is 22.0 Å². The van der Waals surface area contributed by atoms with Crippen molar-refractivity contribution in [2.75, 3.05) is 7.11 Å². The number of amides is 1. The quantitative estimate of drug-likeness (QED) is 0.339. The van der Waals surface area contributed by atoms with E-state index in [-0.39, 0.29) is 11.9 Å². The van der Waals surface area contributed by atoms with Crippen molar-refractivity contribution in [3.8, 4) is 16.9 Å².